The molecule has 1 saturated carbocycles. The fourth-order valence-corrected chi connectivity index (χ4v) is 5.04. The highest BCUT2D eigenvalue weighted by Gasteiger charge is 2.25. The molecule has 126 valence electrons. The summed E-state index contributed by atoms with van der Waals surface area (Å²) in [6, 6.07) is 0.666. The van der Waals surface area contributed by atoms with Gasteiger partial charge in [0.25, 0.3) is 0 Å². The monoisotopic (exact) mass is 332 g/mol. The summed E-state index contributed by atoms with van der Waals surface area (Å²) >= 11 is 1.89. The van der Waals surface area contributed by atoms with Gasteiger partial charge in [0.2, 0.25) is 0 Å². The van der Waals surface area contributed by atoms with E-state index in [1.807, 2.05) is 25.4 Å². The van der Waals surface area contributed by atoms with E-state index in [0.717, 1.165) is 0 Å². The molecule has 2 aliphatic carbocycles. The third-order valence-corrected chi connectivity index (χ3v) is 6.14. The molecule has 0 saturated heterocycles. The topological polar surface area (TPSA) is 41.1 Å². The van der Waals surface area contributed by atoms with Crippen molar-refractivity contribution in [2.45, 2.75) is 57.4 Å². The second-order valence-corrected chi connectivity index (χ2v) is 7.72. The molecule has 23 heavy (non-hydrogen) atoms. The van der Waals surface area contributed by atoms with E-state index in [9.17, 15) is 0 Å². The van der Waals surface area contributed by atoms with Gasteiger partial charge >= 0.3 is 0 Å². The minimum Gasteiger partial charge on any atom is -0.356 e. The molecule has 0 unspecified atom stereocenters. The van der Waals surface area contributed by atoms with Crippen LogP contribution in [0.15, 0.2) is 6.33 Å². The van der Waals surface area contributed by atoms with Crippen molar-refractivity contribution in [2.75, 3.05) is 26.0 Å². The summed E-state index contributed by atoms with van der Waals surface area (Å²) in [6.45, 7) is 0. The molecule has 0 aromatic carbocycles. The van der Waals surface area contributed by atoms with Gasteiger partial charge in [0.1, 0.15) is 17.0 Å². The minimum absolute atomic E-state index is 0.666. The van der Waals surface area contributed by atoms with E-state index in [0.29, 0.717) is 6.04 Å². The maximum Gasteiger partial charge on any atom is 0.141 e. The molecule has 4 nitrogen and oxygen atoms in total. The van der Waals surface area contributed by atoms with Crippen LogP contribution >= 0.6 is 11.3 Å². The lowest BCUT2D eigenvalue weighted by Gasteiger charge is -2.32. The van der Waals surface area contributed by atoms with Crippen LogP contribution in [-0.2, 0) is 12.8 Å². The van der Waals surface area contributed by atoms with Crippen LogP contribution in [0.1, 0.15) is 49.0 Å². The number of aryl methyl sites for hydroxylation is 2. The van der Waals surface area contributed by atoms with E-state index < -0.39 is 0 Å². The fraction of sp³-hybridized carbons (Fsp3) is 0.667. The van der Waals surface area contributed by atoms with Gasteiger partial charge in [-0.15, -0.1) is 11.3 Å². The van der Waals surface area contributed by atoms with Crippen LogP contribution in [0.2, 0.25) is 0 Å². The Kier molecular flexibility index (Phi) is 5.49. The molecule has 4 rings (SSSR count). The Morgan fingerprint density at radius 2 is 1.83 bits per heavy atom. The summed E-state index contributed by atoms with van der Waals surface area (Å²) < 4.78 is 0. The molecule has 1 fully saturated rings. The molecule has 2 aromatic heterocycles. The lowest BCUT2D eigenvalue weighted by atomic mass is 9.94. The van der Waals surface area contributed by atoms with Gasteiger partial charge in [-0.3, -0.25) is 0 Å². The van der Waals surface area contributed by atoms with Gasteiger partial charge in [-0.05, 0) is 51.8 Å². The molecule has 0 atom stereocenters. The number of thiophene rings is 1. The van der Waals surface area contributed by atoms with Crippen molar-refractivity contribution in [2.24, 2.45) is 0 Å². The van der Waals surface area contributed by atoms with Gasteiger partial charge in [-0.25, -0.2) is 9.97 Å². The molecule has 0 bridgehead atoms. The van der Waals surface area contributed by atoms with Crippen molar-refractivity contribution in [1.29, 1.82) is 0 Å². The van der Waals surface area contributed by atoms with E-state index >= 15 is 0 Å². The first-order valence-corrected chi connectivity index (χ1v) is 9.64. The molecular formula is C18H28N4S. The zero-order valence-corrected chi connectivity index (χ0v) is 15.4. The Morgan fingerprint density at radius 1 is 1.09 bits per heavy atom. The Balaban J connectivity index is 0.000000485. The van der Waals surface area contributed by atoms with Gasteiger partial charge in [0, 0.05) is 18.0 Å². The van der Waals surface area contributed by atoms with Crippen molar-refractivity contribution in [3.63, 3.8) is 0 Å². The molecule has 5 heteroatoms. The highest BCUT2D eigenvalue weighted by molar-refractivity contribution is 7.19. The predicted octanol–water partition coefficient (Wildman–Crippen LogP) is 3.78. The van der Waals surface area contributed by atoms with Crippen LogP contribution in [-0.4, -0.2) is 37.2 Å². The van der Waals surface area contributed by atoms with Crippen LogP contribution < -0.4 is 10.2 Å². The number of nitrogens with one attached hydrogen (secondary N) is 1. The largest absolute Gasteiger partial charge is 0.356 e. The second-order valence-electron chi connectivity index (χ2n) is 6.64. The van der Waals surface area contributed by atoms with Crippen molar-refractivity contribution in [3.05, 3.63) is 16.8 Å². The third-order valence-electron chi connectivity index (χ3n) is 4.94. The minimum atomic E-state index is 0.666. The number of rotatable bonds is 2. The van der Waals surface area contributed by atoms with Crippen LogP contribution in [0.4, 0.5) is 5.82 Å². The van der Waals surface area contributed by atoms with E-state index in [-0.39, 0.29) is 0 Å². The average molecular weight is 333 g/mol. The van der Waals surface area contributed by atoms with Crippen LogP contribution in [0.25, 0.3) is 10.2 Å². The van der Waals surface area contributed by atoms with Gasteiger partial charge < -0.3 is 10.2 Å². The van der Waals surface area contributed by atoms with Crippen LogP contribution in [0.5, 0.6) is 0 Å². The number of hydrogen-bond donors (Lipinski definition) is 1. The Morgan fingerprint density at radius 3 is 2.57 bits per heavy atom. The molecule has 2 heterocycles. The highest BCUT2D eigenvalue weighted by atomic mass is 32.1. The first-order valence-electron chi connectivity index (χ1n) is 8.82. The van der Waals surface area contributed by atoms with Crippen molar-refractivity contribution < 1.29 is 0 Å². The molecule has 0 amide bonds. The molecule has 2 aromatic rings. The average Bonchev–Trinajstić information content (AvgIpc) is 3.16. The molecule has 0 spiro atoms. The standard InChI is InChI=1S/C16H21N3S.C2H7N/c1-19(11-6-3-2-4-7-11)15-14-12-8-5-9-13(12)20-16(14)18-10-17-15;1-3-2/h10-11H,2-9H2,1H3;3H,1-2H3. The van der Waals surface area contributed by atoms with Gasteiger partial charge in [-0.1, -0.05) is 19.3 Å². The lowest BCUT2D eigenvalue weighted by molar-refractivity contribution is 0.426. The number of anilines is 1. The van der Waals surface area contributed by atoms with E-state index in [2.05, 4.69) is 27.2 Å². The summed E-state index contributed by atoms with van der Waals surface area (Å²) in [4.78, 5) is 14.4. The number of nitrogens with zero attached hydrogens (tertiary/aromatic N) is 3. The second kappa shape index (κ2) is 7.58. The molecule has 0 radical (unpaired) electrons. The smallest absolute Gasteiger partial charge is 0.141 e. The normalized spacial score (nSPS) is 17.7. The summed E-state index contributed by atoms with van der Waals surface area (Å²) in [5, 5.41) is 4.11. The van der Waals surface area contributed by atoms with Crippen LogP contribution in [0, 0.1) is 0 Å². The highest BCUT2D eigenvalue weighted by Crippen LogP contribution is 2.40. The quantitative estimate of drug-likeness (QED) is 0.908. The van der Waals surface area contributed by atoms with E-state index in [1.54, 1.807) is 16.8 Å². The molecule has 1 N–H and O–H groups in total. The Hall–Kier alpha value is -1.20. The predicted molar refractivity (Wildman–Crippen MR) is 99.7 cm³/mol. The lowest BCUT2D eigenvalue weighted by Crippen LogP contribution is -2.34. The summed E-state index contributed by atoms with van der Waals surface area (Å²) in [7, 11) is 5.98. The summed E-state index contributed by atoms with van der Waals surface area (Å²) in [5.41, 5.74) is 1.54. The number of fused-ring (bicyclic) bond motifs is 3. The van der Waals surface area contributed by atoms with E-state index in [1.165, 1.54) is 67.4 Å². The molecule has 0 aliphatic heterocycles. The van der Waals surface area contributed by atoms with Crippen molar-refractivity contribution in [3.8, 4) is 0 Å². The third kappa shape index (κ3) is 3.36. The fourth-order valence-electron chi connectivity index (χ4n) is 3.82. The number of aromatic nitrogens is 2. The van der Waals surface area contributed by atoms with E-state index in [4.69, 9.17) is 0 Å². The SMILES string of the molecule is CN(c1ncnc2sc3c(c12)CCC3)C1CCCCC1.CNC. The molecular weight excluding hydrogens is 304 g/mol. The van der Waals surface area contributed by atoms with Gasteiger partial charge in [0.05, 0.1) is 5.39 Å². The molecule has 2 aliphatic rings. The van der Waals surface area contributed by atoms with Gasteiger partial charge in [-0.2, -0.15) is 0 Å². The van der Waals surface area contributed by atoms with Crippen molar-refractivity contribution in [1.82, 2.24) is 15.3 Å². The zero-order valence-electron chi connectivity index (χ0n) is 14.6. The van der Waals surface area contributed by atoms with Crippen LogP contribution in [0.3, 0.4) is 0 Å². The first kappa shape index (κ1) is 16.7. The maximum atomic E-state index is 4.65. The Labute approximate surface area is 143 Å². The first-order chi connectivity index (χ1) is 11.3. The summed E-state index contributed by atoms with van der Waals surface area (Å²) in [6.07, 6.45) is 12.3. The summed E-state index contributed by atoms with van der Waals surface area (Å²) in [5.74, 6) is 1.18. The number of hydrogen-bond acceptors (Lipinski definition) is 5. The van der Waals surface area contributed by atoms with Crippen molar-refractivity contribution >= 4 is 27.4 Å². The Bertz CT molecular complexity index is 646. The van der Waals surface area contributed by atoms with Gasteiger partial charge in [0.15, 0.2) is 0 Å². The maximum absolute atomic E-state index is 4.65. The zero-order chi connectivity index (χ0) is 16.2.